The molecule has 1 fully saturated rings. The summed E-state index contributed by atoms with van der Waals surface area (Å²) in [7, 11) is 2.26. The van der Waals surface area contributed by atoms with Crippen LogP contribution in [0.2, 0.25) is 0 Å². The van der Waals surface area contributed by atoms with E-state index >= 15 is 0 Å². The van der Waals surface area contributed by atoms with Crippen LogP contribution < -0.4 is 5.32 Å². The summed E-state index contributed by atoms with van der Waals surface area (Å²) < 4.78 is 0. The Kier molecular flexibility index (Phi) is 2.70. The van der Waals surface area contributed by atoms with E-state index < -0.39 is 0 Å². The summed E-state index contributed by atoms with van der Waals surface area (Å²) >= 11 is 0. The zero-order chi connectivity index (χ0) is 11.0. The van der Waals surface area contributed by atoms with Gasteiger partial charge in [-0.25, -0.2) is 0 Å². The molecule has 2 nitrogen and oxygen atoms in total. The molecule has 0 saturated heterocycles. The Morgan fingerprint density at radius 3 is 3.06 bits per heavy atom. The molecule has 0 aromatic heterocycles. The van der Waals surface area contributed by atoms with Gasteiger partial charge < -0.3 is 5.32 Å². The predicted octanol–water partition coefficient (Wildman–Crippen LogP) is 1.93. The Morgan fingerprint density at radius 2 is 2.25 bits per heavy atom. The minimum absolute atomic E-state index is 0.859. The van der Waals surface area contributed by atoms with Crippen molar-refractivity contribution in [3.05, 3.63) is 34.9 Å². The molecule has 1 aromatic rings. The molecule has 1 aliphatic heterocycles. The van der Waals surface area contributed by atoms with Crippen molar-refractivity contribution in [2.75, 3.05) is 13.6 Å². The van der Waals surface area contributed by atoms with Crippen LogP contribution in [0.25, 0.3) is 0 Å². The lowest BCUT2D eigenvalue weighted by atomic mass is 9.95. The van der Waals surface area contributed by atoms with Gasteiger partial charge in [-0.2, -0.15) is 0 Å². The fraction of sp³-hybridized carbons (Fsp3) is 0.571. The molecule has 2 heteroatoms. The standard InChI is InChI=1S/C14H20N2/c1-16(13-5-6-13)10-12-4-2-3-11-9-15-8-7-14(11)12/h2-4,13,15H,5-10H2,1H3. The molecular formula is C14H20N2. The summed E-state index contributed by atoms with van der Waals surface area (Å²) in [4.78, 5) is 2.51. The maximum absolute atomic E-state index is 3.44. The van der Waals surface area contributed by atoms with Crippen molar-refractivity contribution in [3.8, 4) is 0 Å². The van der Waals surface area contributed by atoms with Gasteiger partial charge in [-0.05, 0) is 49.5 Å². The Balaban J connectivity index is 1.82. The molecule has 3 rings (SSSR count). The molecule has 0 radical (unpaired) electrons. The Bertz CT molecular complexity index is 382. The van der Waals surface area contributed by atoms with E-state index in [2.05, 4.69) is 35.5 Å². The average molecular weight is 216 g/mol. The smallest absolute Gasteiger partial charge is 0.0236 e. The van der Waals surface area contributed by atoms with Gasteiger partial charge in [0.25, 0.3) is 0 Å². The fourth-order valence-electron chi connectivity index (χ4n) is 2.67. The summed E-state index contributed by atoms with van der Waals surface area (Å²) in [6, 6.07) is 7.64. The summed E-state index contributed by atoms with van der Waals surface area (Å²) in [5, 5.41) is 3.44. The summed E-state index contributed by atoms with van der Waals surface area (Å²) in [5.41, 5.74) is 4.66. The fourth-order valence-corrected chi connectivity index (χ4v) is 2.67. The van der Waals surface area contributed by atoms with Gasteiger partial charge in [-0.1, -0.05) is 18.2 Å². The summed E-state index contributed by atoms with van der Waals surface area (Å²) in [5.74, 6) is 0. The van der Waals surface area contributed by atoms with Gasteiger partial charge in [0.15, 0.2) is 0 Å². The molecule has 1 aromatic carbocycles. The SMILES string of the molecule is CN(Cc1cccc2c1CCNC2)C1CC1. The van der Waals surface area contributed by atoms with E-state index in [0.29, 0.717) is 0 Å². The molecule has 0 unspecified atom stereocenters. The maximum atomic E-state index is 3.44. The molecule has 1 N–H and O–H groups in total. The highest BCUT2D eigenvalue weighted by molar-refractivity contribution is 5.37. The zero-order valence-electron chi connectivity index (χ0n) is 10.00. The van der Waals surface area contributed by atoms with Crippen LogP contribution in [0.3, 0.4) is 0 Å². The second-order valence-corrected chi connectivity index (χ2v) is 5.13. The molecule has 0 atom stereocenters. The second-order valence-electron chi connectivity index (χ2n) is 5.13. The zero-order valence-corrected chi connectivity index (χ0v) is 10.00. The van der Waals surface area contributed by atoms with E-state index in [1.165, 1.54) is 24.8 Å². The van der Waals surface area contributed by atoms with Gasteiger partial charge >= 0.3 is 0 Å². The van der Waals surface area contributed by atoms with Gasteiger partial charge in [0.2, 0.25) is 0 Å². The normalized spacial score (nSPS) is 19.9. The molecular weight excluding hydrogens is 196 g/mol. The van der Waals surface area contributed by atoms with Crippen LogP contribution >= 0.6 is 0 Å². The number of benzene rings is 1. The highest BCUT2D eigenvalue weighted by Crippen LogP contribution is 2.28. The highest BCUT2D eigenvalue weighted by atomic mass is 15.1. The third kappa shape index (κ3) is 2.00. The third-order valence-electron chi connectivity index (χ3n) is 3.83. The highest BCUT2D eigenvalue weighted by Gasteiger charge is 2.26. The lowest BCUT2D eigenvalue weighted by Gasteiger charge is -2.23. The number of hydrogen-bond acceptors (Lipinski definition) is 2. The minimum Gasteiger partial charge on any atom is -0.312 e. The topological polar surface area (TPSA) is 15.3 Å². The Labute approximate surface area is 97.6 Å². The van der Waals surface area contributed by atoms with Crippen LogP contribution in [0.15, 0.2) is 18.2 Å². The van der Waals surface area contributed by atoms with Crippen molar-refractivity contribution < 1.29 is 0 Å². The van der Waals surface area contributed by atoms with Gasteiger partial charge in [-0.3, -0.25) is 4.90 Å². The molecule has 1 heterocycles. The Morgan fingerprint density at radius 1 is 1.38 bits per heavy atom. The van der Waals surface area contributed by atoms with Crippen LogP contribution in [0, 0.1) is 0 Å². The molecule has 16 heavy (non-hydrogen) atoms. The number of rotatable bonds is 3. The molecule has 0 bridgehead atoms. The predicted molar refractivity (Wildman–Crippen MR) is 66.3 cm³/mol. The van der Waals surface area contributed by atoms with Crippen molar-refractivity contribution in [3.63, 3.8) is 0 Å². The van der Waals surface area contributed by atoms with Crippen LogP contribution in [-0.2, 0) is 19.5 Å². The third-order valence-corrected chi connectivity index (χ3v) is 3.83. The van der Waals surface area contributed by atoms with E-state index in [4.69, 9.17) is 0 Å². The van der Waals surface area contributed by atoms with Gasteiger partial charge in [0, 0.05) is 19.1 Å². The summed E-state index contributed by atoms with van der Waals surface area (Å²) in [6.07, 6.45) is 3.99. The Hall–Kier alpha value is -0.860. The van der Waals surface area contributed by atoms with E-state index in [0.717, 1.165) is 25.7 Å². The number of nitrogens with one attached hydrogen (secondary N) is 1. The van der Waals surface area contributed by atoms with Crippen molar-refractivity contribution in [2.45, 2.75) is 38.4 Å². The largest absolute Gasteiger partial charge is 0.312 e. The monoisotopic (exact) mass is 216 g/mol. The molecule has 86 valence electrons. The van der Waals surface area contributed by atoms with Gasteiger partial charge in [-0.15, -0.1) is 0 Å². The van der Waals surface area contributed by atoms with E-state index in [9.17, 15) is 0 Å². The van der Waals surface area contributed by atoms with Crippen molar-refractivity contribution in [2.24, 2.45) is 0 Å². The molecule has 0 spiro atoms. The molecule has 2 aliphatic rings. The minimum atomic E-state index is 0.859. The first-order valence-corrected chi connectivity index (χ1v) is 6.35. The van der Waals surface area contributed by atoms with Crippen LogP contribution in [0.1, 0.15) is 29.5 Å². The average Bonchev–Trinajstić information content (AvgIpc) is 3.13. The number of fused-ring (bicyclic) bond motifs is 1. The van der Waals surface area contributed by atoms with E-state index in [1.807, 2.05) is 0 Å². The van der Waals surface area contributed by atoms with Crippen LogP contribution in [0.5, 0.6) is 0 Å². The molecule has 1 aliphatic carbocycles. The van der Waals surface area contributed by atoms with Crippen molar-refractivity contribution in [1.82, 2.24) is 10.2 Å². The number of hydrogen-bond donors (Lipinski definition) is 1. The lowest BCUT2D eigenvalue weighted by molar-refractivity contribution is 0.315. The van der Waals surface area contributed by atoms with Gasteiger partial charge in [0.05, 0.1) is 0 Å². The van der Waals surface area contributed by atoms with Crippen LogP contribution in [-0.4, -0.2) is 24.5 Å². The van der Waals surface area contributed by atoms with E-state index in [-0.39, 0.29) is 0 Å². The first-order valence-electron chi connectivity index (χ1n) is 6.35. The van der Waals surface area contributed by atoms with Gasteiger partial charge in [0.1, 0.15) is 0 Å². The first-order chi connectivity index (χ1) is 7.84. The summed E-state index contributed by atoms with van der Waals surface area (Å²) in [6.45, 7) is 3.32. The van der Waals surface area contributed by atoms with Crippen molar-refractivity contribution >= 4 is 0 Å². The maximum Gasteiger partial charge on any atom is 0.0236 e. The van der Waals surface area contributed by atoms with Crippen molar-refractivity contribution in [1.29, 1.82) is 0 Å². The first kappa shape index (κ1) is 10.3. The van der Waals surface area contributed by atoms with Crippen LogP contribution in [0.4, 0.5) is 0 Å². The van der Waals surface area contributed by atoms with E-state index in [1.54, 1.807) is 11.1 Å². The molecule has 0 amide bonds. The lowest BCUT2D eigenvalue weighted by Crippen LogP contribution is -2.27. The second kappa shape index (κ2) is 4.19. The molecule has 1 saturated carbocycles. The number of nitrogens with zero attached hydrogens (tertiary/aromatic N) is 1. The quantitative estimate of drug-likeness (QED) is 0.830.